The third kappa shape index (κ3) is 2.05. The van der Waals surface area contributed by atoms with Gasteiger partial charge in [-0.15, -0.1) is 0 Å². The molecule has 0 aliphatic carbocycles. The topological polar surface area (TPSA) is 65.3 Å². The number of phenolic OH excluding ortho intramolecular Hbond substituents is 1. The van der Waals surface area contributed by atoms with Crippen molar-refractivity contribution in [3.05, 3.63) is 27.7 Å². The largest absolute Gasteiger partial charge is 0.506 e. The maximum Gasteiger partial charge on any atom is 0.139 e. The Morgan fingerprint density at radius 2 is 2.38 bits per heavy atom. The molecule has 0 aromatic heterocycles. The van der Waals surface area contributed by atoms with Crippen LogP contribution >= 0.6 is 15.9 Å². The smallest absolute Gasteiger partial charge is 0.139 e. The van der Waals surface area contributed by atoms with Crippen LogP contribution in [0.25, 0.3) is 0 Å². The molecule has 2 rings (SSSR count). The molecule has 0 amide bonds. The summed E-state index contributed by atoms with van der Waals surface area (Å²) < 4.78 is 6.13. The molecule has 1 fully saturated rings. The van der Waals surface area contributed by atoms with Gasteiger partial charge in [-0.05, 0) is 12.1 Å². The molecule has 4 nitrogen and oxygen atoms in total. The van der Waals surface area contributed by atoms with Gasteiger partial charge in [0.25, 0.3) is 0 Å². The zero-order valence-corrected chi connectivity index (χ0v) is 10.1. The molecule has 1 atom stereocenters. The summed E-state index contributed by atoms with van der Waals surface area (Å²) in [5, 5.41) is 22.1. The summed E-state index contributed by atoms with van der Waals surface area (Å²) in [6.07, 6.45) is 0. The van der Waals surface area contributed by atoms with Crippen LogP contribution in [-0.2, 0) is 4.74 Å². The van der Waals surface area contributed by atoms with Gasteiger partial charge in [0.05, 0.1) is 24.8 Å². The molecule has 0 radical (unpaired) electrons. The van der Waals surface area contributed by atoms with Gasteiger partial charge in [0.1, 0.15) is 11.8 Å². The van der Waals surface area contributed by atoms with Crippen molar-refractivity contribution < 1.29 is 9.84 Å². The minimum absolute atomic E-state index is 0.0277. The first-order valence-corrected chi connectivity index (χ1v) is 5.76. The van der Waals surface area contributed by atoms with E-state index in [1.165, 1.54) is 0 Å². The van der Waals surface area contributed by atoms with Gasteiger partial charge in [-0.25, -0.2) is 0 Å². The Morgan fingerprint density at radius 1 is 1.56 bits per heavy atom. The van der Waals surface area contributed by atoms with Crippen LogP contribution < -0.4 is 5.32 Å². The molecule has 0 unspecified atom stereocenters. The number of nitrogens with one attached hydrogen (secondary N) is 1. The molecule has 0 saturated carbocycles. The van der Waals surface area contributed by atoms with Gasteiger partial charge in [-0.2, -0.15) is 5.26 Å². The van der Waals surface area contributed by atoms with Crippen LogP contribution in [0.1, 0.15) is 17.2 Å². The third-order valence-electron chi connectivity index (χ3n) is 2.55. The van der Waals surface area contributed by atoms with Crippen LogP contribution in [0, 0.1) is 11.3 Å². The molecular formula is C11H11BrN2O2. The highest BCUT2D eigenvalue weighted by Crippen LogP contribution is 2.35. The lowest BCUT2D eigenvalue weighted by Gasteiger charge is -2.25. The zero-order chi connectivity index (χ0) is 11.5. The van der Waals surface area contributed by atoms with Gasteiger partial charge in [0.15, 0.2) is 0 Å². The average molecular weight is 283 g/mol. The van der Waals surface area contributed by atoms with Crippen LogP contribution in [0.5, 0.6) is 5.75 Å². The fraction of sp³-hybridized carbons (Fsp3) is 0.364. The minimum Gasteiger partial charge on any atom is -0.506 e. The van der Waals surface area contributed by atoms with Crippen molar-refractivity contribution in [2.24, 2.45) is 0 Å². The Balaban J connectivity index is 2.42. The summed E-state index contributed by atoms with van der Waals surface area (Å²) in [5.74, 6) is 0.0277. The molecule has 1 saturated heterocycles. The fourth-order valence-electron chi connectivity index (χ4n) is 1.76. The SMILES string of the molecule is N#Cc1ccc(Br)c([C@H]2COCCN2)c1O. The van der Waals surface area contributed by atoms with Gasteiger partial charge in [-0.1, -0.05) is 15.9 Å². The van der Waals surface area contributed by atoms with Crippen molar-refractivity contribution >= 4 is 15.9 Å². The maximum absolute atomic E-state index is 9.97. The van der Waals surface area contributed by atoms with Gasteiger partial charge in [0.2, 0.25) is 0 Å². The van der Waals surface area contributed by atoms with Crippen LogP contribution in [0.4, 0.5) is 0 Å². The Bertz CT molecular complexity index is 436. The summed E-state index contributed by atoms with van der Waals surface area (Å²) in [6, 6.07) is 5.25. The highest BCUT2D eigenvalue weighted by molar-refractivity contribution is 9.10. The van der Waals surface area contributed by atoms with E-state index in [-0.39, 0.29) is 17.4 Å². The van der Waals surface area contributed by atoms with Crippen LogP contribution in [-0.4, -0.2) is 24.9 Å². The van der Waals surface area contributed by atoms with Crippen molar-refractivity contribution in [3.8, 4) is 11.8 Å². The first-order chi connectivity index (χ1) is 7.74. The van der Waals surface area contributed by atoms with Crippen molar-refractivity contribution in [2.45, 2.75) is 6.04 Å². The molecule has 5 heteroatoms. The van der Waals surface area contributed by atoms with E-state index in [2.05, 4.69) is 21.2 Å². The summed E-state index contributed by atoms with van der Waals surface area (Å²) in [5.41, 5.74) is 0.976. The van der Waals surface area contributed by atoms with Gasteiger partial charge >= 0.3 is 0 Å². The molecule has 0 bridgehead atoms. The average Bonchev–Trinajstić information content (AvgIpc) is 2.31. The molecule has 1 heterocycles. The highest BCUT2D eigenvalue weighted by Gasteiger charge is 2.22. The summed E-state index contributed by atoms with van der Waals surface area (Å²) in [4.78, 5) is 0. The van der Waals surface area contributed by atoms with E-state index in [0.29, 0.717) is 18.8 Å². The van der Waals surface area contributed by atoms with Gasteiger partial charge in [0, 0.05) is 16.6 Å². The number of benzene rings is 1. The quantitative estimate of drug-likeness (QED) is 0.823. The number of hydrogen-bond donors (Lipinski definition) is 2. The Hall–Kier alpha value is -1.09. The predicted octanol–water partition coefficient (Wildman–Crippen LogP) is 1.69. The minimum atomic E-state index is -0.0728. The normalized spacial score (nSPS) is 20.4. The van der Waals surface area contributed by atoms with Crippen LogP contribution in [0.3, 0.4) is 0 Å². The van der Waals surface area contributed by atoms with Gasteiger partial charge in [-0.3, -0.25) is 0 Å². The zero-order valence-electron chi connectivity index (χ0n) is 8.53. The molecule has 0 spiro atoms. The number of morpholine rings is 1. The summed E-state index contributed by atoms with van der Waals surface area (Å²) in [6.45, 7) is 1.92. The highest BCUT2D eigenvalue weighted by atomic mass is 79.9. The maximum atomic E-state index is 9.97. The monoisotopic (exact) mass is 282 g/mol. The van der Waals surface area contributed by atoms with E-state index in [0.717, 1.165) is 11.0 Å². The molecule has 16 heavy (non-hydrogen) atoms. The van der Waals surface area contributed by atoms with Crippen molar-refractivity contribution in [3.63, 3.8) is 0 Å². The predicted molar refractivity (Wildman–Crippen MR) is 62.1 cm³/mol. The first-order valence-electron chi connectivity index (χ1n) is 4.96. The number of phenols is 1. The van der Waals surface area contributed by atoms with E-state index < -0.39 is 0 Å². The second kappa shape index (κ2) is 4.83. The number of halogens is 1. The third-order valence-corrected chi connectivity index (χ3v) is 3.25. The van der Waals surface area contributed by atoms with E-state index in [4.69, 9.17) is 10.00 Å². The number of rotatable bonds is 1. The van der Waals surface area contributed by atoms with Crippen molar-refractivity contribution in [1.82, 2.24) is 5.32 Å². The summed E-state index contributed by atoms with van der Waals surface area (Å²) in [7, 11) is 0. The lowest BCUT2D eigenvalue weighted by Crippen LogP contribution is -2.34. The lowest BCUT2D eigenvalue weighted by molar-refractivity contribution is 0.0758. The molecule has 1 aromatic rings. The van der Waals surface area contributed by atoms with Crippen molar-refractivity contribution in [2.75, 3.05) is 19.8 Å². The van der Waals surface area contributed by atoms with E-state index in [1.807, 2.05) is 6.07 Å². The molecule has 2 N–H and O–H groups in total. The molecule has 84 valence electrons. The second-order valence-corrected chi connectivity index (χ2v) is 4.40. The van der Waals surface area contributed by atoms with Crippen molar-refractivity contribution in [1.29, 1.82) is 5.26 Å². The van der Waals surface area contributed by atoms with Crippen LogP contribution in [0.15, 0.2) is 16.6 Å². The first kappa shape index (κ1) is 11.4. The summed E-state index contributed by atoms with van der Waals surface area (Å²) >= 11 is 3.38. The molecular weight excluding hydrogens is 272 g/mol. The standard InChI is InChI=1S/C11H11BrN2O2/c12-8-2-1-7(5-13)11(15)10(8)9-6-16-4-3-14-9/h1-2,9,14-15H,3-4,6H2/t9-/m1/s1. The molecule has 1 aliphatic rings. The van der Waals surface area contributed by atoms with E-state index in [1.54, 1.807) is 12.1 Å². The second-order valence-electron chi connectivity index (χ2n) is 3.55. The number of nitrogens with zero attached hydrogens (tertiary/aromatic N) is 1. The molecule has 1 aromatic carbocycles. The lowest BCUT2D eigenvalue weighted by atomic mass is 10.0. The number of ether oxygens (including phenoxy) is 1. The van der Waals surface area contributed by atoms with E-state index in [9.17, 15) is 5.11 Å². The Labute approximate surface area is 102 Å². The van der Waals surface area contributed by atoms with Gasteiger partial charge < -0.3 is 15.2 Å². The Morgan fingerprint density at radius 3 is 3.00 bits per heavy atom. The van der Waals surface area contributed by atoms with Crippen LogP contribution in [0.2, 0.25) is 0 Å². The fourth-order valence-corrected chi connectivity index (χ4v) is 2.35. The van der Waals surface area contributed by atoms with E-state index >= 15 is 0 Å². The molecule has 1 aliphatic heterocycles. The number of nitriles is 1. The number of aromatic hydroxyl groups is 1. The Kier molecular flexibility index (Phi) is 3.44. The number of hydrogen-bond acceptors (Lipinski definition) is 4.